The number of carbonyl (C=O) groups is 2. The highest BCUT2D eigenvalue weighted by Crippen LogP contribution is 2.32. The number of nitrogens with zero attached hydrogens (tertiary/aromatic N) is 4. The molecule has 1 atom stereocenters. The SMILES string of the molecule is CNC(=O)C1=CCC(C(N)=O)(c2cc3cc(-c4nncs4)ccc3cn2)C=N1. The Bertz CT molecular complexity index is 1140. The van der Waals surface area contributed by atoms with E-state index in [1.807, 2.05) is 24.3 Å². The van der Waals surface area contributed by atoms with Crippen molar-refractivity contribution in [3.8, 4) is 10.6 Å². The number of amides is 2. The van der Waals surface area contributed by atoms with Crippen LogP contribution in [0.1, 0.15) is 12.1 Å². The molecule has 1 aromatic carbocycles. The molecule has 9 heteroatoms. The summed E-state index contributed by atoms with van der Waals surface area (Å²) < 4.78 is 0. The van der Waals surface area contributed by atoms with Crippen molar-refractivity contribution < 1.29 is 9.59 Å². The molecule has 0 radical (unpaired) electrons. The molecule has 1 aliphatic heterocycles. The van der Waals surface area contributed by atoms with Crippen molar-refractivity contribution >= 4 is 40.1 Å². The molecule has 1 aliphatic rings. The maximum atomic E-state index is 12.4. The van der Waals surface area contributed by atoms with E-state index in [-0.39, 0.29) is 18.0 Å². The number of primary amides is 1. The van der Waals surface area contributed by atoms with E-state index in [0.29, 0.717) is 5.69 Å². The first-order valence-corrected chi connectivity index (χ1v) is 9.36. The second-order valence-electron chi connectivity index (χ2n) is 6.34. The van der Waals surface area contributed by atoms with E-state index in [4.69, 9.17) is 5.73 Å². The van der Waals surface area contributed by atoms with Crippen molar-refractivity contribution in [2.24, 2.45) is 10.7 Å². The van der Waals surface area contributed by atoms with E-state index in [0.717, 1.165) is 21.3 Å². The zero-order valence-corrected chi connectivity index (χ0v) is 15.7. The van der Waals surface area contributed by atoms with Gasteiger partial charge in [0.25, 0.3) is 5.91 Å². The van der Waals surface area contributed by atoms with Crippen LogP contribution in [0.25, 0.3) is 21.3 Å². The summed E-state index contributed by atoms with van der Waals surface area (Å²) >= 11 is 1.45. The summed E-state index contributed by atoms with van der Waals surface area (Å²) in [7, 11) is 1.52. The number of likely N-dealkylation sites (N-methyl/N-ethyl adjacent to an activating group) is 1. The van der Waals surface area contributed by atoms with Crippen molar-refractivity contribution in [1.82, 2.24) is 20.5 Å². The Balaban J connectivity index is 1.78. The number of nitrogens with one attached hydrogen (secondary N) is 1. The fourth-order valence-corrected chi connectivity index (χ4v) is 3.65. The van der Waals surface area contributed by atoms with Gasteiger partial charge in [-0.3, -0.25) is 19.6 Å². The molecular weight excluding hydrogens is 376 g/mol. The molecule has 4 rings (SSSR count). The van der Waals surface area contributed by atoms with Gasteiger partial charge in [0.15, 0.2) is 0 Å². The summed E-state index contributed by atoms with van der Waals surface area (Å²) in [4.78, 5) is 32.7. The number of aromatic nitrogens is 3. The maximum absolute atomic E-state index is 12.4. The van der Waals surface area contributed by atoms with Crippen molar-refractivity contribution in [3.63, 3.8) is 0 Å². The highest BCUT2D eigenvalue weighted by atomic mass is 32.1. The lowest BCUT2D eigenvalue weighted by Crippen LogP contribution is -2.44. The van der Waals surface area contributed by atoms with Crippen LogP contribution < -0.4 is 11.1 Å². The standard InChI is InChI=1S/C19H16N6O2S/c1-21-16(26)14-4-5-19(9-23-14,18(20)27)15-7-13-6-11(17-25-24-10-28-17)2-3-12(13)8-22-15/h2-4,6-10H,5H2,1H3,(H2,20,27)(H,21,26). The van der Waals surface area contributed by atoms with Crippen LogP contribution in [0.2, 0.25) is 0 Å². The first-order chi connectivity index (χ1) is 13.5. The molecule has 0 spiro atoms. The zero-order valence-electron chi connectivity index (χ0n) is 14.9. The number of allylic oxidation sites excluding steroid dienone is 1. The molecular formula is C19H16N6O2S. The minimum absolute atomic E-state index is 0.211. The summed E-state index contributed by atoms with van der Waals surface area (Å²) in [6, 6.07) is 7.70. The van der Waals surface area contributed by atoms with Crippen LogP contribution >= 0.6 is 11.3 Å². The molecule has 3 N–H and O–H groups in total. The van der Waals surface area contributed by atoms with Gasteiger partial charge in [0.2, 0.25) is 5.91 Å². The average molecular weight is 392 g/mol. The van der Waals surface area contributed by atoms with Gasteiger partial charge in [-0.1, -0.05) is 29.5 Å². The third-order valence-corrected chi connectivity index (χ3v) is 5.47. The van der Waals surface area contributed by atoms with Gasteiger partial charge in [-0.05, 0) is 23.9 Å². The van der Waals surface area contributed by atoms with Crippen molar-refractivity contribution in [2.45, 2.75) is 11.8 Å². The number of aliphatic imine (C=N–C) groups is 1. The minimum Gasteiger partial charge on any atom is -0.369 e. The van der Waals surface area contributed by atoms with Gasteiger partial charge < -0.3 is 11.1 Å². The van der Waals surface area contributed by atoms with Gasteiger partial charge in [-0.2, -0.15) is 0 Å². The number of rotatable bonds is 4. The van der Waals surface area contributed by atoms with Crippen LogP contribution in [0.3, 0.4) is 0 Å². The number of nitrogens with two attached hydrogens (primary N) is 1. The molecule has 3 heterocycles. The average Bonchev–Trinajstić information content (AvgIpc) is 3.27. The number of pyridine rings is 1. The predicted octanol–water partition coefficient (Wildman–Crippen LogP) is 1.58. The van der Waals surface area contributed by atoms with Gasteiger partial charge in [-0.25, -0.2) is 0 Å². The Kier molecular flexibility index (Phi) is 4.44. The molecule has 2 aromatic heterocycles. The summed E-state index contributed by atoms with van der Waals surface area (Å²) in [6.07, 6.45) is 4.93. The number of benzene rings is 1. The van der Waals surface area contributed by atoms with Gasteiger partial charge in [0.05, 0.1) is 5.69 Å². The Labute approximate surface area is 164 Å². The summed E-state index contributed by atoms with van der Waals surface area (Å²) in [5.74, 6) is -0.891. The van der Waals surface area contributed by atoms with Crippen LogP contribution in [0, 0.1) is 0 Å². The number of hydrogen-bond acceptors (Lipinski definition) is 7. The van der Waals surface area contributed by atoms with Crippen molar-refractivity contribution in [2.75, 3.05) is 7.05 Å². The first-order valence-electron chi connectivity index (χ1n) is 8.48. The molecule has 0 fully saturated rings. The molecule has 0 aliphatic carbocycles. The van der Waals surface area contributed by atoms with Gasteiger partial charge in [0.1, 0.15) is 21.6 Å². The van der Waals surface area contributed by atoms with Crippen LogP contribution in [-0.2, 0) is 15.0 Å². The molecule has 8 nitrogen and oxygen atoms in total. The van der Waals surface area contributed by atoms with Gasteiger partial charge in [0, 0.05) is 30.4 Å². The summed E-state index contributed by atoms with van der Waals surface area (Å²) in [5.41, 5.74) is 7.86. The van der Waals surface area contributed by atoms with Gasteiger partial charge >= 0.3 is 0 Å². The van der Waals surface area contributed by atoms with Crippen LogP contribution in [0.5, 0.6) is 0 Å². The molecule has 3 aromatic rings. The van der Waals surface area contributed by atoms with E-state index in [1.165, 1.54) is 24.6 Å². The largest absolute Gasteiger partial charge is 0.369 e. The lowest BCUT2D eigenvalue weighted by atomic mass is 9.79. The molecule has 0 saturated carbocycles. The van der Waals surface area contributed by atoms with Crippen LogP contribution in [0.4, 0.5) is 0 Å². The fraction of sp³-hybridized carbons (Fsp3) is 0.158. The highest BCUT2D eigenvalue weighted by Gasteiger charge is 2.40. The van der Waals surface area contributed by atoms with E-state index in [9.17, 15) is 9.59 Å². The van der Waals surface area contributed by atoms with Crippen LogP contribution in [0.15, 0.2) is 52.7 Å². The molecule has 1 unspecified atom stereocenters. The normalized spacial score (nSPS) is 18.7. The Morgan fingerprint density at radius 3 is 2.75 bits per heavy atom. The number of fused-ring (bicyclic) bond motifs is 1. The molecule has 2 amide bonds. The fourth-order valence-electron chi connectivity index (χ4n) is 3.10. The molecule has 140 valence electrons. The predicted molar refractivity (Wildman–Crippen MR) is 107 cm³/mol. The van der Waals surface area contributed by atoms with Crippen molar-refractivity contribution in [3.05, 3.63) is 53.4 Å². The third-order valence-electron chi connectivity index (χ3n) is 4.73. The number of carbonyl (C=O) groups excluding carboxylic acids is 2. The highest BCUT2D eigenvalue weighted by molar-refractivity contribution is 7.12. The smallest absolute Gasteiger partial charge is 0.269 e. The number of hydrogen-bond donors (Lipinski definition) is 2. The summed E-state index contributed by atoms with van der Waals surface area (Å²) in [5, 5.41) is 13.1. The topological polar surface area (TPSA) is 123 Å². The van der Waals surface area contributed by atoms with Gasteiger partial charge in [-0.15, -0.1) is 10.2 Å². The second-order valence-corrected chi connectivity index (χ2v) is 7.17. The maximum Gasteiger partial charge on any atom is 0.269 e. The van der Waals surface area contributed by atoms with E-state index < -0.39 is 11.3 Å². The Morgan fingerprint density at radius 2 is 2.11 bits per heavy atom. The third kappa shape index (κ3) is 2.95. The zero-order chi connectivity index (χ0) is 19.7. The van der Waals surface area contributed by atoms with Crippen molar-refractivity contribution in [1.29, 1.82) is 0 Å². The second kappa shape index (κ2) is 6.93. The van der Waals surface area contributed by atoms with E-state index in [1.54, 1.807) is 17.8 Å². The Morgan fingerprint density at radius 1 is 1.25 bits per heavy atom. The van der Waals surface area contributed by atoms with Crippen LogP contribution in [-0.4, -0.2) is 40.3 Å². The minimum atomic E-state index is -1.20. The monoisotopic (exact) mass is 392 g/mol. The Hall–Kier alpha value is -3.46. The van der Waals surface area contributed by atoms with E-state index in [2.05, 4.69) is 25.5 Å². The molecule has 28 heavy (non-hydrogen) atoms. The lowest BCUT2D eigenvalue weighted by Gasteiger charge is -2.27. The quantitative estimate of drug-likeness (QED) is 0.698. The lowest BCUT2D eigenvalue weighted by molar-refractivity contribution is -0.121. The molecule has 0 saturated heterocycles. The summed E-state index contributed by atoms with van der Waals surface area (Å²) in [6.45, 7) is 0. The van der Waals surface area contributed by atoms with E-state index >= 15 is 0 Å². The molecule has 0 bridgehead atoms. The first kappa shape index (κ1) is 17.9.